The number of carboxylic acid groups (broad SMARTS) is 1. The molecule has 24 heavy (non-hydrogen) atoms. The van der Waals surface area contributed by atoms with E-state index in [1.165, 1.54) is 0 Å². The van der Waals surface area contributed by atoms with E-state index in [-0.39, 0.29) is 37.2 Å². The number of hydrogen-bond donors (Lipinski definition) is 2. The van der Waals surface area contributed by atoms with Gasteiger partial charge in [0.1, 0.15) is 11.5 Å². The zero-order chi connectivity index (χ0) is 17.7. The molecule has 6 heteroatoms. The Morgan fingerprint density at radius 2 is 1.88 bits per heavy atom. The molecule has 0 amide bonds. The Balaban J connectivity index is 2.15. The van der Waals surface area contributed by atoms with Crippen molar-refractivity contribution in [2.24, 2.45) is 0 Å². The summed E-state index contributed by atoms with van der Waals surface area (Å²) in [5.74, 6) is -1.14. The average Bonchev–Trinajstić information content (AvgIpc) is 2.54. The lowest BCUT2D eigenvalue weighted by Gasteiger charge is -2.09. The van der Waals surface area contributed by atoms with Crippen molar-refractivity contribution in [1.82, 2.24) is 4.98 Å². The molecular weight excluding hydrogens is 330 g/mol. The molecular formula is C18H18ClNO4. The van der Waals surface area contributed by atoms with Crippen molar-refractivity contribution in [3.05, 3.63) is 46.6 Å². The predicted octanol–water partition coefficient (Wildman–Crippen LogP) is 3.78. The smallest absolute Gasteiger partial charge is 0.303 e. The fourth-order valence-corrected chi connectivity index (χ4v) is 2.50. The molecule has 1 aromatic heterocycles. The van der Waals surface area contributed by atoms with Crippen LogP contribution >= 0.6 is 11.6 Å². The molecule has 0 unspecified atom stereocenters. The van der Waals surface area contributed by atoms with Crippen molar-refractivity contribution in [3.63, 3.8) is 0 Å². The summed E-state index contributed by atoms with van der Waals surface area (Å²) in [7, 11) is 0. The number of carbonyl (C=O) groups excluding carboxylic acids is 1. The third-order valence-electron chi connectivity index (χ3n) is 3.68. The highest BCUT2D eigenvalue weighted by Gasteiger charge is 2.12. The number of carbonyl (C=O) groups is 2. The monoisotopic (exact) mass is 347 g/mol. The largest absolute Gasteiger partial charge is 0.506 e. The van der Waals surface area contributed by atoms with Crippen LogP contribution in [0, 0.1) is 6.92 Å². The molecule has 0 radical (unpaired) electrons. The lowest BCUT2D eigenvalue weighted by Crippen LogP contribution is -2.05. The maximum absolute atomic E-state index is 11.7. The van der Waals surface area contributed by atoms with Crippen molar-refractivity contribution in [3.8, 4) is 17.0 Å². The maximum Gasteiger partial charge on any atom is 0.303 e. The van der Waals surface area contributed by atoms with Crippen LogP contribution in [0.5, 0.6) is 5.75 Å². The van der Waals surface area contributed by atoms with Gasteiger partial charge in [0.25, 0.3) is 0 Å². The summed E-state index contributed by atoms with van der Waals surface area (Å²) in [6.45, 7) is 1.94. The van der Waals surface area contributed by atoms with Crippen LogP contribution in [0.15, 0.2) is 30.3 Å². The van der Waals surface area contributed by atoms with Gasteiger partial charge in [0.15, 0.2) is 0 Å². The highest BCUT2D eigenvalue weighted by Crippen LogP contribution is 2.28. The van der Waals surface area contributed by atoms with Gasteiger partial charge in [-0.3, -0.25) is 9.59 Å². The normalized spacial score (nSPS) is 10.6. The van der Waals surface area contributed by atoms with Crippen LogP contribution in [0.3, 0.4) is 0 Å². The highest BCUT2D eigenvalue weighted by molar-refractivity contribution is 6.30. The lowest BCUT2D eigenvalue weighted by molar-refractivity contribution is -0.138. The Bertz CT molecular complexity index is 774. The van der Waals surface area contributed by atoms with Crippen molar-refractivity contribution in [1.29, 1.82) is 0 Å². The van der Waals surface area contributed by atoms with Gasteiger partial charge in [-0.05, 0) is 36.8 Å². The van der Waals surface area contributed by atoms with Gasteiger partial charge in [-0.15, -0.1) is 0 Å². The van der Waals surface area contributed by atoms with E-state index in [9.17, 15) is 14.7 Å². The first-order chi connectivity index (χ1) is 11.4. The molecule has 1 heterocycles. The Morgan fingerprint density at radius 1 is 1.12 bits per heavy atom. The van der Waals surface area contributed by atoms with E-state index in [4.69, 9.17) is 16.7 Å². The number of aromatic nitrogens is 1. The molecule has 0 bridgehead atoms. The van der Waals surface area contributed by atoms with Gasteiger partial charge in [-0.1, -0.05) is 17.7 Å². The molecule has 0 atom stereocenters. The van der Waals surface area contributed by atoms with Crippen LogP contribution < -0.4 is 0 Å². The molecule has 0 aliphatic carbocycles. The molecule has 0 saturated heterocycles. The highest BCUT2D eigenvalue weighted by atomic mass is 35.5. The van der Waals surface area contributed by atoms with Gasteiger partial charge < -0.3 is 10.2 Å². The van der Waals surface area contributed by atoms with Crippen LogP contribution in [-0.4, -0.2) is 26.9 Å². The van der Waals surface area contributed by atoms with Crippen molar-refractivity contribution in [2.45, 2.75) is 32.6 Å². The van der Waals surface area contributed by atoms with Gasteiger partial charge in [-0.25, -0.2) is 4.98 Å². The molecule has 0 spiro atoms. The summed E-state index contributed by atoms with van der Waals surface area (Å²) < 4.78 is 0. The Kier molecular flexibility index (Phi) is 5.93. The molecule has 0 fully saturated rings. The number of aryl methyl sites for hydroxylation is 2. The van der Waals surface area contributed by atoms with E-state index in [1.54, 1.807) is 24.3 Å². The molecule has 5 nitrogen and oxygen atoms in total. The number of aliphatic carboxylic acids is 1. The summed E-state index contributed by atoms with van der Waals surface area (Å²) in [5.41, 5.74) is 2.94. The maximum atomic E-state index is 11.7. The fourth-order valence-electron chi connectivity index (χ4n) is 2.33. The molecule has 0 aliphatic rings. The molecule has 2 N–H and O–H groups in total. The number of ketones is 1. The SMILES string of the molecule is Cc1ccc(Cl)cc1-c1ccc(O)c(CCC(=O)CCC(=O)O)n1. The van der Waals surface area contributed by atoms with Crippen LogP contribution in [0.2, 0.25) is 5.02 Å². The molecule has 2 aromatic rings. The van der Waals surface area contributed by atoms with Gasteiger partial charge >= 0.3 is 5.97 Å². The Morgan fingerprint density at radius 3 is 2.58 bits per heavy atom. The molecule has 2 rings (SSSR count). The number of aromatic hydroxyl groups is 1. The lowest BCUT2D eigenvalue weighted by atomic mass is 10.0. The minimum absolute atomic E-state index is 0.0107. The molecule has 1 aromatic carbocycles. The number of Topliss-reactive ketones (excluding diaryl/α,β-unsaturated/α-hetero) is 1. The van der Waals surface area contributed by atoms with E-state index in [0.29, 0.717) is 16.4 Å². The minimum atomic E-state index is -0.997. The van der Waals surface area contributed by atoms with Gasteiger partial charge in [0.05, 0.1) is 17.8 Å². The number of rotatable bonds is 7. The Labute approximate surface area is 144 Å². The predicted molar refractivity (Wildman–Crippen MR) is 91.3 cm³/mol. The second-order valence-electron chi connectivity index (χ2n) is 5.55. The topological polar surface area (TPSA) is 87.5 Å². The molecule has 0 aliphatic heterocycles. The van der Waals surface area contributed by atoms with E-state index >= 15 is 0 Å². The van der Waals surface area contributed by atoms with Crippen LogP contribution in [0.1, 0.15) is 30.5 Å². The summed E-state index contributed by atoms with van der Waals surface area (Å²) in [4.78, 5) is 26.6. The summed E-state index contributed by atoms with van der Waals surface area (Å²) >= 11 is 6.03. The van der Waals surface area contributed by atoms with Crippen LogP contribution in [0.4, 0.5) is 0 Å². The standard InChI is InChI=1S/C18H18ClNO4/c1-11-2-3-12(19)10-14(11)15-7-8-17(22)16(20-15)6-4-13(21)5-9-18(23)24/h2-3,7-8,10,22H,4-6,9H2,1H3,(H,23,24). The van der Waals surface area contributed by atoms with Crippen molar-refractivity contribution >= 4 is 23.4 Å². The van der Waals surface area contributed by atoms with Crippen LogP contribution in [-0.2, 0) is 16.0 Å². The van der Waals surface area contributed by atoms with Crippen molar-refractivity contribution < 1.29 is 19.8 Å². The zero-order valence-electron chi connectivity index (χ0n) is 13.3. The molecule has 0 saturated carbocycles. The first-order valence-electron chi connectivity index (χ1n) is 7.55. The Hall–Kier alpha value is -2.40. The minimum Gasteiger partial charge on any atom is -0.506 e. The zero-order valence-corrected chi connectivity index (χ0v) is 14.0. The number of halogens is 1. The number of carboxylic acids is 1. The van der Waals surface area contributed by atoms with Crippen LogP contribution in [0.25, 0.3) is 11.3 Å². The third kappa shape index (κ3) is 4.80. The van der Waals surface area contributed by atoms with Crippen molar-refractivity contribution in [2.75, 3.05) is 0 Å². The van der Waals surface area contributed by atoms with E-state index in [2.05, 4.69) is 4.98 Å². The van der Waals surface area contributed by atoms with Gasteiger partial charge in [0.2, 0.25) is 0 Å². The second-order valence-corrected chi connectivity index (χ2v) is 5.99. The number of nitrogens with zero attached hydrogens (tertiary/aromatic N) is 1. The first-order valence-corrected chi connectivity index (χ1v) is 7.93. The van der Waals surface area contributed by atoms with Gasteiger partial charge in [0, 0.05) is 29.8 Å². The quantitative estimate of drug-likeness (QED) is 0.795. The first kappa shape index (κ1) is 17.9. The van der Waals surface area contributed by atoms with E-state index < -0.39 is 5.97 Å². The van der Waals surface area contributed by atoms with E-state index in [1.807, 2.05) is 13.0 Å². The van der Waals surface area contributed by atoms with E-state index in [0.717, 1.165) is 11.1 Å². The fraction of sp³-hybridized carbons (Fsp3) is 0.278. The summed E-state index contributed by atoms with van der Waals surface area (Å²) in [6, 6.07) is 8.73. The summed E-state index contributed by atoms with van der Waals surface area (Å²) in [6.07, 6.45) is 0.215. The average molecular weight is 348 g/mol. The second kappa shape index (κ2) is 7.93. The third-order valence-corrected chi connectivity index (χ3v) is 3.92. The number of benzene rings is 1. The number of pyridine rings is 1. The summed E-state index contributed by atoms with van der Waals surface area (Å²) in [5, 5.41) is 19.1. The number of hydrogen-bond acceptors (Lipinski definition) is 4. The molecule has 126 valence electrons. The van der Waals surface area contributed by atoms with Gasteiger partial charge in [-0.2, -0.15) is 0 Å².